The summed E-state index contributed by atoms with van der Waals surface area (Å²) in [5.41, 5.74) is 21.7. The summed E-state index contributed by atoms with van der Waals surface area (Å²) >= 11 is 0.292. The predicted molar refractivity (Wildman–Crippen MR) is 288 cm³/mol. The first kappa shape index (κ1) is 41.6. The average molecular weight is 936 g/mol. The van der Waals surface area contributed by atoms with Crippen LogP contribution < -0.4 is 16.4 Å². The summed E-state index contributed by atoms with van der Waals surface area (Å²) in [5, 5.41) is 27.1. The Balaban J connectivity index is 1.00. The predicted octanol–water partition coefficient (Wildman–Crippen LogP) is 13.0. The van der Waals surface area contributed by atoms with E-state index in [2.05, 4.69) is 202 Å². The second-order valence-electron chi connectivity index (χ2n) is 18.8. The standard InChI is InChI=1S/C62H45BN4Se/c1-36-25-38(3)61(39(4)26-36)63(62-40(5)27-37(2)28-41(62)6)46-15-17-47(18-16-46)66-55-20-11-42(34-64)29-50(55)52-31-44(13-22-57(52)66)45-14-23-58-53(32-45)51-30-43(35-65)12-21-56(51)67(58)48-19-24-60-54(33-48)49-9-7-8-10-59(49)68-60/h7-33H,1-6H3. The van der Waals surface area contributed by atoms with Gasteiger partial charge in [-0.05, 0) is 71.9 Å². The van der Waals surface area contributed by atoms with Gasteiger partial charge in [0.25, 0.3) is 0 Å². The molecule has 0 spiro atoms. The van der Waals surface area contributed by atoms with Crippen molar-refractivity contribution in [2.45, 2.75) is 41.5 Å². The van der Waals surface area contributed by atoms with Crippen LogP contribution >= 0.6 is 0 Å². The quantitative estimate of drug-likeness (QED) is 0.156. The summed E-state index contributed by atoms with van der Waals surface area (Å²) in [7, 11) is 0. The van der Waals surface area contributed by atoms with Gasteiger partial charge in [0.05, 0.1) is 22.7 Å². The molecule has 0 amide bonds. The second-order valence-corrected chi connectivity index (χ2v) is 21.0. The van der Waals surface area contributed by atoms with Crippen LogP contribution in [-0.4, -0.2) is 30.4 Å². The molecule has 0 aliphatic heterocycles. The smallest absolute Gasteiger partial charge is 0.0649 e. The van der Waals surface area contributed by atoms with Gasteiger partial charge in [-0.15, -0.1) is 0 Å². The van der Waals surface area contributed by atoms with Crippen LogP contribution in [0.4, 0.5) is 0 Å². The Bertz CT molecular complexity index is 4080. The molecule has 0 saturated carbocycles. The van der Waals surface area contributed by atoms with E-state index in [0.29, 0.717) is 25.6 Å². The summed E-state index contributed by atoms with van der Waals surface area (Å²) in [6.45, 7) is 13.5. The van der Waals surface area contributed by atoms with Gasteiger partial charge in [-0.25, -0.2) is 0 Å². The number of hydrogen-bond acceptors (Lipinski definition) is 2. The molecule has 9 aromatic carbocycles. The molecule has 0 N–H and O–H groups in total. The number of aryl methyl sites for hydroxylation is 6. The van der Waals surface area contributed by atoms with E-state index in [-0.39, 0.29) is 6.71 Å². The molecule has 0 radical (unpaired) electrons. The van der Waals surface area contributed by atoms with Crippen LogP contribution in [0.5, 0.6) is 0 Å². The van der Waals surface area contributed by atoms with Crippen molar-refractivity contribution in [3.63, 3.8) is 0 Å². The Hall–Kier alpha value is -7.86. The van der Waals surface area contributed by atoms with Crippen molar-refractivity contribution in [1.82, 2.24) is 9.13 Å². The monoisotopic (exact) mass is 936 g/mol. The molecule has 12 aromatic rings. The van der Waals surface area contributed by atoms with Crippen LogP contribution in [-0.2, 0) is 0 Å². The number of hydrogen-bond donors (Lipinski definition) is 0. The van der Waals surface area contributed by atoms with Gasteiger partial charge in [-0.3, -0.25) is 0 Å². The van der Waals surface area contributed by atoms with Gasteiger partial charge in [0.2, 0.25) is 6.71 Å². The zero-order valence-corrected chi connectivity index (χ0v) is 40.6. The van der Waals surface area contributed by atoms with Crippen LogP contribution in [0, 0.1) is 64.2 Å². The molecule has 0 unspecified atom stereocenters. The molecule has 0 saturated heterocycles. The zero-order chi connectivity index (χ0) is 46.5. The number of nitrogens with zero attached hydrogens (tertiary/aromatic N) is 4. The molecule has 322 valence electrons. The van der Waals surface area contributed by atoms with E-state index in [0.717, 1.165) is 66.1 Å². The minimum atomic E-state index is 0.0774. The molecule has 12 rings (SSSR count). The van der Waals surface area contributed by atoms with Gasteiger partial charge >= 0.3 is 196 Å². The van der Waals surface area contributed by atoms with E-state index in [1.165, 1.54) is 69.1 Å². The summed E-state index contributed by atoms with van der Waals surface area (Å²) < 4.78 is 7.53. The fourth-order valence-corrected chi connectivity index (χ4v) is 13.8. The Morgan fingerprint density at radius 2 is 0.838 bits per heavy atom. The molecule has 0 aliphatic rings. The zero-order valence-electron chi connectivity index (χ0n) is 38.9. The van der Waals surface area contributed by atoms with Gasteiger partial charge in [0.15, 0.2) is 0 Å². The molecule has 0 atom stereocenters. The minimum Gasteiger partial charge on any atom is -0.0649 e. The minimum absolute atomic E-state index is 0.0774. The second kappa shape index (κ2) is 15.9. The van der Waals surface area contributed by atoms with E-state index in [1.54, 1.807) is 0 Å². The summed E-state index contributed by atoms with van der Waals surface area (Å²) in [6, 6.07) is 64.5. The third-order valence-electron chi connectivity index (χ3n) is 14.3. The van der Waals surface area contributed by atoms with E-state index < -0.39 is 0 Å². The normalized spacial score (nSPS) is 11.6. The Morgan fingerprint density at radius 3 is 1.35 bits per heavy atom. The van der Waals surface area contributed by atoms with Gasteiger partial charge in [0.1, 0.15) is 0 Å². The number of rotatable bonds is 6. The SMILES string of the molecule is Cc1cc(C)c(B(c2ccc(-n3c4ccc(C#N)cc4c4cc(-c5ccc6c(c5)c5cc(C#N)ccc5n6-c5ccc6[se]c7ccccc7c6c5)ccc43)cc2)c2c(C)cc(C)cc2C)c(C)c1. The van der Waals surface area contributed by atoms with Crippen LogP contribution in [0.1, 0.15) is 44.5 Å². The van der Waals surface area contributed by atoms with Crippen molar-refractivity contribution >= 4 is 101 Å². The van der Waals surface area contributed by atoms with Crippen molar-refractivity contribution in [3.05, 3.63) is 208 Å². The van der Waals surface area contributed by atoms with Crippen molar-refractivity contribution < 1.29 is 0 Å². The molecule has 3 heterocycles. The average Bonchev–Trinajstić information content (AvgIpc) is 3.99. The molecule has 0 bridgehead atoms. The number of fused-ring (bicyclic) bond motifs is 9. The van der Waals surface area contributed by atoms with Gasteiger partial charge in [-0.2, -0.15) is 5.26 Å². The molecule has 4 nitrogen and oxygen atoms in total. The van der Waals surface area contributed by atoms with Crippen molar-refractivity contribution in [3.8, 4) is 34.6 Å². The molecular weight excluding hydrogens is 890 g/mol. The summed E-state index contributed by atoms with van der Waals surface area (Å²) in [6.07, 6.45) is 0. The maximum absolute atomic E-state index is 10.1. The van der Waals surface area contributed by atoms with Gasteiger partial charge < -0.3 is 4.57 Å². The summed E-state index contributed by atoms with van der Waals surface area (Å²) in [4.78, 5) is 0. The first-order chi connectivity index (χ1) is 33.1. The molecule has 0 fully saturated rings. The van der Waals surface area contributed by atoms with Crippen molar-refractivity contribution in [1.29, 1.82) is 10.5 Å². The molecule has 3 aromatic heterocycles. The Kier molecular flexibility index (Phi) is 9.72. The third-order valence-corrected chi connectivity index (χ3v) is 16.7. The van der Waals surface area contributed by atoms with E-state index in [4.69, 9.17) is 0 Å². The van der Waals surface area contributed by atoms with Gasteiger partial charge in [0, 0.05) is 11.1 Å². The fraction of sp³-hybridized carbons (Fsp3) is 0.0968. The molecule has 6 heteroatoms. The van der Waals surface area contributed by atoms with Gasteiger partial charge in [-0.1, -0.05) is 86.2 Å². The van der Waals surface area contributed by atoms with Crippen molar-refractivity contribution in [2.24, 2.45) is 0 Å². The van der Waals surface area contributed by atoms with Crippen LogP contribution in [0.25, 0.3) is 85.4 Å². The fourth-order valence-electron chi connectivity index (χ4n) is 11.5. The number of aromatic nitrogens is 2. The van der Waals surface area contributed by atoms with E-state index in [9.17, 15) is 10.5 Å². The van der Waals surface area contributed by atoms with E-state index >= 15 is 0 Å². The molecular formula is C62H45BN4Se. The first-order valence-corrected chi connectivity index (χ1v) is 24.9. The first-order valence-electron chi connectivity index (χ1n) is 23.2. The Labute approximate surface area is 402 Å². The van der Waals surface area contributed by atoms with Crippen molar-refractivity contribution in [2.75, 3.05) is 0 Å². The molecule has 0 aliphatic carbocycles. The van der Waals surface area contributed by atoms with Crippen LogP contribution in [0.3, 0.4) is 0 Å². The number of nitriles is 2. The topological polar surface area (TPSA) is 57.4 Å². The number of benzene rings is 9. The third kappa shape index (κ3) is 6.56. The Morgan fingerprint density at radius 1 is 0.397 bits per heavy atom. The van der Waals surface area contributed by atoms with E-state index in [1.807, 2.05) is 24.3 Å². The molecule has 68 heavy (non-hydrogen) atoms. The van der Waals surface area contributed by atoms with Crippen LogP contribution in [0.15, 0.2) is 164 Å². The summed E-state index contributed by atoms with van der Waals surface area (Å²) in [5.74, 6) is 0. The maximum atomic E-state index is 10.1. The van der Waals surface area contributed by atoms with Crippen LogP contribution in [0.2, 0.25) is 0 Å².